The molecule has 5 nitrogen and oxygen atoms in total. The van der Waals surface area contributed by atoms with E-state index in [0.717, 1.165) is 16.0 Å². The Morgan fingerprint density at radius 3 is 2.81 bits per heavy atom. The molecule has 4 aromatic rings. The molecule has 8 heteroatoms. The van der Waals surface area contributed by atoms with Crippen molar-refractivity contribution in [2.24, 2.45) is 0 Å². The van der Waals surface area contributed by atoms with Crippen LogP contribution >= 0.6 is 23.1 Å². The fourth-order valence-corrected chi connectivity index (χ4v) is 3.95. The molecular formula is C19H14FN3O2S2. The van der Waals surface area contributed by atoms with E-state index in [2.05, 4.69) is 15.3 Å². The van der Waals surface area contributed by atoms with E-state index in [1.165, 1.54) is 35.2 Å². The third kappa shape index (κ3) is 4.53. The van der Waals surface area contributed by atoms with E-state index in [1.807, 2.05) is 24.3 Å². The number of amides is 1. The molecule has 1 amide bonds. The van der Waals surface area contributed by atoms with E-state index in [4.69, 9.17) is 4.42 Å². The van der Waals surface area contributed by atoms with Crippen LogP contribution in [0.4, 0.5) is 9.52 Å². The summed E-state index contributed by atoms with van der Waals surface area (Å²) in [6.45, 7) is 0. The number of carbonyl (C=O) groups is 1. The minimum absolute atomic E-state index is 0.176. The van der Waals surface area contributed by atoms with Crippen LogP contribution < -0.4 is 5.32 Å². The predicted molar refractivity (Wildman–Crippen MR) is 105 cm³/mol. The molecule has 136 valence electrons. The zero-order valence-electron chi connectivity index (χ0n) is 14.0. The van der Waals surface area contributed by atoms with Gasteiger partial charge in [0.25, 0.3) is 5.22 Å². The Kier molecular flexibility index (Phi) is 5.17. The van der Waals surface area contributed by atoms with Crippen LogP contribution in [0.1, 0.15) is 10.4 Å². The lowest BCUT2D eigenvalue weighted by atomic mass is 10.1. The summed E-state index contributed by atoms with van der Waals surface area (Å²) in [7, 11) is 0. The van der Waals surface area contributed by atoms with Crippen molar-refractivity contribution in [2.75, 3.05) is 11.1 Å². The van der Waals surface area contributed by atoms with E-state index in [-0.39, 0.29) is 17.5 Å². The maximum atomic E-state index is 13.0. The van der Waals surface area contributed by atoms with Crippen molar-refractivity contribution in [1.29, 1.82) is 0 Å². The van der Waals surface area contributed by atoms with Gasteiger partial charge >= 0.3 is 0 Å². The highest BCUT2D eigenvalue weighted by Crippen LogP contribution is 2.24. The monoisotopic (exact) mass is 399 g/mol. The maximum Gasteiger partial charge on any atom is 0.257 e. The van der Waals surface area contributed by atoms with Gasteiger partial charge in [0.15, 0.2) is 10.7 Å². The number of hydrogen-bond donors (Lipinski definition) is 1. The molecule has 0 aliphatic heterocycles. The summed E-state index contributed by atoms with van der Waals surface area (Å²) in [5, 5.41) is 3.78. The number of rotatable bonds is 6. The molecule has 1 N–H and O–H groups in total. The second kappa shape index (κ2) is 7.89. The number of para-hydroxylation sites is 2. The Bertz CT molecular complexity index is 1040. The number of hydrogen-bond acceptors (Lipinski definition) is 6. The van der Waals surface area contributed by atoms with Crippen LogP contribution in [0.2, 0.25) is 0 Å². The van der Waals surface area contributed by atoms with Crippen molar-refractivity contribution in [1.82, 2.24) is 9.97 Å². The number of anilines is 1. The molecular weight excluding hydrogens is 385 g/mol. The summed E-state index contributed by atoms with van der Waals surface area (Å²) in [5.74, 6) is -0.253. The summed E-state index contributed by atoms with van der Waals surface area (Å²) in [4.78, 5) is 21.7. The number of benzene rings is 2. The Morgan fingerprint density at radius 1 is 1.19 bits per heavy atom. The highest BCUT2D eigenvalue weighted by Gasteiger charge is 2.11. The first-order valence-electron chi connectivity index (χ1n) is 8.13. The second-order valence-electron chi connectivity index (χ2n) is 5.72. The third-order valence-electron chi connectivity index (χ3n) is 3.69. The zero-order chi connectivity index (χ0) is 18.6. The van der Waals surface area contributed by atoms with Crippen LogP contribution in [-0.4, -0.2) is 21.6 Å². The molecule has 0 radical (unpaired) electrons. The Morgan fingerprint density at radius 2 is 2.00 bits per heavy atom. The molecule has 0 aliphatic rings. The summed E-state index contributed by atoms with van der Waals surface area (Å²) in [6, 6.07) is 13.8. The molecule has 2 aromatic carbocycles. The molecule has 0 saturated carbocycles. The zero-order valence-corrected chi connectivity index (χ0v) is 15.6. The number of thioether (sulfide) groups is 1. The first-order valence-corrected chi connectivity index (χ1v) is 9.93. The molecule has 0 bridgehead atoms. The molecule has 27 heavy (non-hydrogen) atoms. The van der Waals surface area contributed by atoms with E-state index < -0.39 is 0 Å². The van der Waals surface area contributed by atoms with Crippen molar-refractivity contribution in [3.63, 3.8) is 0 Å². The molecule has 0 spiro atoms. The van der Waals surface area contributed by atoms with Gasteiger partial charge in [0.05, 0.1) is 5.75 Å². The van der Waals surface area contributed by atoms with E-state index in [1.54, 1.807) is 18.3 Å². The van der Waals surface area contributed by atoms with E-state index in [9.17, 15) is 9.18 Å². The van der Waals surface area contributed by atoms with Crippen LogP contribution in [0.3, 0.4) is 0 Å². The van der Waals surface area contributed by atoms with Crippen molar-refractivity contribution < 1.29 is 13.6 Å². The van der Waals surface area contributed by atoms with Gasteiger partial charge in [-0.25, -0.2) is 14.4 Å². The van der Waals surface area contributed by atoms with Gasteiger partial charge in [-0.1, -0.05) is 36.0 Å². The topological polar surface area (TPSA) is 68.0 Å². The van der Waals surface area contributed by atoms with Gasteiger partial charge in [0, 0.05) is 17.5 Å². The third-order valence-corrected chi connectivity index (χ3v) is 5.43. The molecule has 0 aliphatic carbocycles. The molecule has 4 rings (SSSR count). The summed E-state index contributed by atoms with van der Waals surface area (Å²) in [6.07, 6.45) is 2.36. The van der Waals surface area contributed by atoms with E-state index >= 15 is 0 Å². The molecule has 2 heterocycles. The van der Waals surface area contributed by atoms with Crippen molar-refractivity contribution >= 4 is 45.2 Å². The lowest BCUT2D eigenvalue weighted by Gasteiger charge is -1.99. The number of halogens is 1. The number of nitrogens with zero attached hydrogens (tertiary/aromatic N) is 2. The van der Waals surface area contributed by atoms with Crippen molar-refractivity contribution in [3.8, 4) is 0 Å². The highest BCUT2D eigenvalue weighted by atomic mass is 32.2. The van der Waals surface area contributed by atoms with Gasteiger partial charge in [0.2, 0.25) is 5.91 Å². The minimum Gasteiger partial charge on any atom is -0.431 e. The quantitative estimate of drug-likeness (QED) is 0.474. The largest absolute Gasteiger partial charge is 0.431 e. The number of fused-ring (bicyclic) bond motifs is 1. The minimum atomic E-state index is -0.257. The second-order valence-corrected chi connectivity index (χ2v) is 7.76. The average molecular weight is 399 g/mol. The SMILES string of the molecule is O=C(CSc1nc2ccccc2o1)Nc1ncc(Cc2ccc(F)cc2)s1. The summed E-state index contributed by atoms with van der Waals surface area (Å²) in [5.41, 5.74) is 2.46. The number of carbonyl (C=O) groups excluding carboxylic acids is 1. The van der Waals surface area contributed by atoms with Gasteiger partial charge < -0.3 is 9.73 Å². The fraction of sp³-hybridized carbons (Fsp3) is 0.105. The molecule has 0 saturated heterocycles. The molecule has 2 aromatic heterocycles. The number of thiazole rings is 1. The Hall–Kier alpha value is -2.71. The fourth-order valence-electron chi connectivity index (χ4n) is 2.45. The van der Waals surface area contributed by atoms with Crippen LogP contribution in [-0.2, 0) is 11.2 Å². The average Bonchev–Trinajstić information content (AvgIpc) is 3.28. The molecule has 0 fully saturated rings. The van der Waals surface area contributed by atoms with Crippen molar-refractivity contribution in [2.45, 2.75) is 11.6 Å². The van der Waals surface area contributed by atoms with Crippen LogP contribution in [0.5, 0.6) is 0 Å². The van der Waals surface area contributed by atoms with Gasteiger partial charge in [-0.15, -0.1) is 11.3 Å². The van der Waals surface area contributed by atoms with Gasteiger partial charge in [-0.3, -0.25) is 4.79 Å². The normalized spacial score (nSPS) is 11.0. The van der Waals surface area contributed by atoms with Gasteiger partial charge in [-0.2, -0.15) is 0 Å². The molecule has 0 atom stereocenters. The van der Waals surface area contributed by atoms with E-state index in [0.29, 0.717) is 22.4 Å². The number of aromatic nitrogens is 2. The summed E-state index contributed by atoms with van der Waals surface area (Å²) >= 11 is 2.64. The lowest BCUT2D eigenvalue weighted by molar-refractivity contribution is -0.113. The predicted octanol–water partition coefficient (Wildman–Crippen LogP) is 4.75. The lowest BCUT2D eigenvalue weighted by Crippen LogP contribution is -2.13. The first-order chi connectivity index (χ1) is 13.2. The highest BCUT2D eigenvalue weighted by molar-refractivity contribution is 7.99. The first kappa shape index (κ1) is 17.7. The summed E-state index contributed by atoms with van der Waals surface area (Å²) < 4.78 is 18.5. The van der Waals surface area contributed by atoms with Crippen LogP contribution in [0.25, 0.3) is 11.1 Å². The van der Waals surface area contributed by atoms with Crippen LogP contribution in [0.15, 0.2) is 64.4 Å². The standard InChI is InChI=1S/C19H14FN3O2S2/c20-13-7-5-12(6-8-13)9-14-10-21-18(27-14)23-17(24)11-26-19-22-15-3-1-2-4-16(15)25-19/h1-8,10H,9,11H2,(H,21,23,24). The van der Waals surface area contributed by atoms with Crippen LogP contribution in [0, 0.1) is 5.82 Å². The molecule has 0 unspecified atom stereocenters. The number of nitrogens with one attached hydrogen (secondary N) is 1. The van der Waals surface area contributed by atoms with Crippen molar-refractivity contribution in [3.05, 3.63) is 71.0 Å². The smallest absolute Gasteiger partial charge is 0.257 e. The number of oxazole rings is 1. The Balaban J connectivity index is 1.31. The Labute approximate surface area is 162 Å². The van der Waals surface area contributed by atoms with Gasteiger partial charge in [-0.05, 0) is 29.8 Å². The maximum absolute atomic E-state index is 13.0. The van der Waals surface area contributed by atoms with Gasteiger partial charge in [0.1, 0.15) is 11.3 Å².